The van der Waals surface area contributed by atoms with Crippen molar-refractivity contribution in [2.75, 3.05) is 26.7 Å². The van der Waals surface area contributed by atoms with Gasteiger partial charge in [0, 0.05) is 32.6 Å². The Morgan fingerprint density at radius 3 is 2.24 bits per heavy atom. The van der Waals surface area contributed by atoms with Crippen LogP contribution in [0.2, 0.25) is 0 Å². The summed E-state index contributed by atoms with van der Waals surface area (Å²) in [5, 5.41) is 11.3. The van der Waals surface area contributed by atoms with Gasteiger partial charge in [-0.3, -0.25) is 9.59 Å². The average Bonchev–Trinajstić information content (AvgIpc) is 2.39. The van der Waals surface area contributed by atoms with Gasteiger partial charge < -0.3 is 20.2 Å². The molecule has 2 N–H and O–H groups in total. The largest absolute Gasteiger partial charge is 0.481 e. The molecule has 0 aromatic carbocycles. The minimum absolute atomic E-state index is 0.0371. The number of amides is 3. The van der Waals surface area contributed by atoms with Gasteiger partial charge in [0.05, 0.1) is 0 Å². The molecule has 3 amide bonds. The fraction of sp³-hybridized carbons (Fsp3) is 0.786. The summed E-state index contributed by atoms with van der Waals surface area (Å²) in [6.07, 6.45) is 1.20. The van der Waals surface area contributed by atoms with Crippen LogP contribution in [0.1, 0.15) is 40.0 Å². The van der Waals surface area contributed by atoms with Gasteiger partial charge in [0.1, 0.15) is 6.54 Å². The molecule has 0 radical (unpaired) electrons. The van der Waals surface area contributed by atoms with E-state index in [0.717, 1.165) is 0 Å². The van der Waals surface area contributed by atoms with E-state index in [2.05, 4.69) is 5.32 Å². The molecule has 0 aromatic rings. The van der Waals surface area contributed by atoms with Gasteiger partial charge in [0.25, 0.3) is 0 Å². The second kappa shape index (κ2) is 10.0. The summed E-state index contributed by atoms with van der Waals surface area (Å²) in [5.41, 5.74) is 0. The fourth-order valence-electron chi connectivity index (χ4n) is 1.90. The number of rotatable bonds is 9. The zero-order valence-electron chi connectivity index (χ0n) is 13.4. The number of nitrogens with zero attached hydrogens (tertiary/aromatic N) is 2. The molecule has 0 heterocycles. The molecule has 0 bridgehead atoms. The normalized spacial score (nSPS) is 11.6. The van der Waals surface area contributed by atoms with Crippen LogP contribution in [0.25, 0.3) is 0 Å². The van der Waals surface area contributed by atoms with Crippen molar-refractivity contribution >= 4 is 17.9 Å². The van der Waals surface area contributed by atoms with Crippen LogP contribution < -0.4 is 5.32 Å². The third kappa shape index (κ3) is 8.16. The van der Waals surface area contributed by atoms with Crippen molar-refractivity contribution in [3.63, 3.8) is 0 Å². The van der Waals surface area contributed by atoms with Gasteiger partial charge in [-0.1, -0.05) is 0 Å². The maximum atomic E-state index is 11.9. The van der Waals surface area contributed by atoms with Crippen LogP contribution in [-0.2, 0) is 9.59 Å². The van der Waals surface area contributed by atoms with Gasteiger partial charge in [-0.15, -0.1) is 0 Å². The standard InChI is InChI=1S/C14H27N3O4/c1-5-17(6-2)12(18)10-16(4)14(21)15-11(3)8-7-9-13(19)20/h11H,5-10H2,1-4H3,(H,15,21)(H,19,20). The van der Waals surface area contributed by atoms with Crippen LogP contribution in [0.15, 0.2) is 0 Å². The van der Waals surface area contributed by atoms with E-state index < -0.39 is 5.97 Å². The third-order valence-corrected chi connectivity index (χ3v) is 3.23. The Labute approximate surface area is 126 Å². The molecule has 0 aromatic heterocycles. The van der Waals surface area contributed by atoms with Crippen molar-refractivity contribution in [3.05, 3.63) is 0 Å². The Balaban J connectivity index is 4.14. The van der Waals surface area contributed by atoms with Gasteiger partial charge in [-0.2, -0.15) is 0 Å². The molecule has 0 spiro atoms. The van der Waals surface area contributed by atoms with E-state index in [9.17, 15) is 14.4 Å². The van der Waals surface area contributed by atoms with E-state index in [-0.39, 0.29) is 30.9 Å². The molecule has 0 fully saturated rings. The first kappa shape index (κ1) is 19.2. The molecule has 0 aliphatic heterocycles. The average molecular weight is 301 g/mol. The first-order valence-electron chi connectivity index (χ1n) is 7.32. The van der Waals surface area contributed by atoms with Gasteiger partial charge in [0.2, 0.25) is 5.91 Å². The highest BCUT2D eigenvalue weighted by Gasteiger charge is 2.17. The van der Waals surface area contributed by atoms with Crippen LogP contribution in [0.3, 0.4) is 0 Å². The lowest BCUT2D eigenvalue weighted by Gasteiger charge is -2.24. The van der Waals surface area contributed by atoms with Crippen molar-refractivity contribution in [1.29, 1.82) is 0 Å². The zero-order chi connectivity index (χ0) is 16.4. The SMILES string of the molecule is CCN(CC)C(=O)CN(C)C(=O)NC(C)CCCC(=O)O. The Morgan fingerprint density at radius 1 is 1.19 bits per heavy atom. The van der Waals surface area contributed by atoms with Gasteiger partial charge >= 0.3 is 12.0 Å². The van der Waals surface area contributed by atoms with Crippen LogP contribution in [0.5, 0.6) is 0 Å². The summed E-state index contributed by atoms with van der Waals surface area (Å²) in [6, 6.07) is -0.443. The first-order chi connectivity index (χ1) is 9.81. The van der Waals surface area contributed by atoms with Crippen molar-refractivity contribution in [2.45, 2.75) is 46.1 Å². The summed E-state index contributed by atoms with van der Waals surface area (Å²) < 4.78 is 0. The topological polar surface area (TPSA) is 90.0 Å². The Bertz CT molecular complexity index is 356. The molecule has 7 heteroatoms. The van der Waals surface area contributed by atoms with E-state index >= 15 is 0 Å². The molecule has 1 unspecified atom stereocenters. The highest BCUT2D eigenvalue weighted by Crippen LogP contribution is 2.01. The molecular formula is C14H27N3O4. The van der Waals surface area contributed by atoms with Crippen molar-refractivity contribution in [3.8, 4) is 0 Å². The summed E-state index contributed by atoms with van der Waals surface area (Å²) in [7, 11) is 1.57. The van der Waals surface area contributed by atoms with E-state index in [1.807, 2.05) is 20.8 Å². The van der Waals surface area contributed by atoms with E-state index in [1.165, 1.54) is 4.90 Å². The predicted molar refractivity (Wildman–Crippen MR) is 80.0 cm³/mol. The predicted octanol–water partition coefficient (Wildman–Crippen LogP) is 1.14. The number of nitrogens with one attached hydrogen (secondary N) is 1. The monoisotopic (exact) mass is 301 g/mol. The Kier molecular flexibility index (Phi) is 9.16. The zero-order valence-corrected chi connectivity index (χ0v) is 13.4. The molecule has 0 rings (SSSR count). The minimum Gasteiger partial charge on any atom is -0.481 e. The number of carboxylic acids is 1. The summed E-state index contributed by atoms with van der Waals surface area (Å²) in [4.78, 5) is 37.2. The summed E-state index contributed by atoms with van der Waals surface area (Å²) in [6.45, 7) is 6.89. The number of hydrogen-bond donors (Lipinski definition) is 2. The second-order valence-electron chi connectivity index (χ2n) is 5.06. The van der Waals surface area contributed by atoms with Crippen LogP contribution in [0.4, 0.5) is 4.79 Å². The Hall–Kier alpha value is -1.79. The first-order valence-corrected chi connectivity index (χ1v) is 7.32. The van der Waals surface area contributed by atoms with E-state index in [1.54, 1.807) is 11.9 Å². The minimum atomic E-state index is -0.838. The number of carboxylic acid groups (broad SMARTS) is 1. The lowest BCUT2D eigenvalue weighted by atomic mass is 10.1. The van der Waals surface area contributed by atoms with Crippen molar-refractivity contribution in [1.82, 2.24) is 15.1 Å². The van der Waals surface area contributed by atoms with Gasteiger partial charge in [-0.05, 0) is 33.6 Å². The lowest BCUT2D eigenvalue weighted by molar-refractivity contribution is -0.137. The molecule has 7 nitrogen and oxygen atoms in total. The number of aliphatic carboxylic acids is 1. The highest BCUT2D eigenvalue weighted by molar-refractivity contribution is 5.84. The van der Waals surface area contributed by atoms with Gasteiger partial charge in [0.15, 0.2) is 0 Å². The molecule has 21 heavy (non-hydrogen) atoms. The third-order valence-electron chi connectivity index (χ3n) is 3.23. The number of carbonyl (C=O) groups is 3. The van der Waals surface area contributed by atoms with Crippen molar-refractivity contribution in [2.24, 2.45) is 0 Å². The summed E-state index contributed by atoms with van der Waals surface area (Å²) in [5.74, 6) is -0.924. The molecule has 1 atom stereocenters. The molecule has 0 saturated heterocycles. The quantitative estimate of drug-likeness (QED) is 0.668. The fourth-order valence-corrected chi connectivity index (χ4v) is 1.90. The maximum Gasteiger partial charge on any atom is 0.317 e. The molecule has 122 valence electrons. The van der Waals surface area contributed by atoms with Crippen molar-refractivity contribution < 1.29 is 19.5 Å². The van der Waals surface area contributed by atoms with Crippen LogP contribution in [0, 0.1) is 0 Å². The number of carbonyl (C=O) groups excluding carboxylic acids is 2. The van der Waals surface area contributed by atoms with Crippen LogP contribution >= 0.6 is 0 Å². The highest BCUT2D eigenvalue weighted by atomic mass is 16.4. The smallest absolute Gasteiger partial charge is 0.317 e. The molecule has 0 saturated carbocycles. The number of urea groups is 1. The second-order valence-corrected chi connectivity index (χ2v) is 5.06. The molecular weight excluding hydrogens is 274 g/mol. The summed E-state index contributed by atoms with van der Waals surface area (Å²) >= 11 is 0. The van der Waals surface area contributed by atoms with E-state index in [4.69, 9.17) is 5.11 Å². The number of hydrogen-bond acceptors (Lipinski definition) is 3. The Morgan fingerprint density at radius 2 is 1.76 bits per heavy atom. The van der Waals surface area contributed by atoms with Crippen LogP contribution in [-0.4, -0.2) is 65.5 Å². The lowest BCUT2D eigenvalue weighted by Crippen LogP contribution is -2.46. The molecule has 0 aliphatic rings. The molecule has 0 aliphatic carbocycles. The maximum absolute atomic E-state index is 11.9. The van der Waals surface area contributed by atoms with Gasteiger partial charge in [-0.25, -0.2) is 4.79 Å². The number of likely N-dealkylation sites (N-methyl/N-ethyl adjacent to an activating group) is 2. The van der Waals surface area contributed by atoms with E-state index in [0.29, 0.717) is 25.9 Å².